The number of benzene rings is 3. The number of aromatic hydroxyl groups is 1. The summed E-state index contributed by atoms with van der Waals surface area (Å²) in [6, 6.07) is 14.9. The van der Waals surface area contributed by atoms with Crippen LogP contribution in [0.4, 0.5) is 5.69 Å². The average Bonchev–Trinajstić information content (AvgIpc) is 3.22. The zero-order valence-corrected chi connectivity index (χ0v) is 34.7. The minimum absolute atomic E-state index is 0.0420. The number of ketones is 1. The minimum Gasteiger partial charge on any atom is -0.507 e. The molecule has 1 aliphatic carbocycles. The molecule has 6 N–H and O–H groups in total. The number of fused-ring (bicyclic) bond motifs is 8. The number of aliphatic hydroxyl groups excluding tert-OH is 3. The van der Waals surface area contributed by atoms with Crippen molar-refractivity contribution >= 4 is 23.4 Å². The third-order valence-electron chi connectivity index (χ3n) is 12.7. The molecule has 0 aromatic heterocycles. The fourth-order valence-electron chi connectivity index (χ4n) is 9.71. The fourth-order valence-corrected chi connectivity index (χ4v) is 9.71. The van der Waals surface area contributed by atoms with E-state index in [9.17, 15) is 39.9 Å². The van der Waals surface area contributed by atoms with Crippen LogP contribution < -0.4 is 10.1 Å². The van der Waals surface area contributed by atoms with Crippen molar-refractivity contribution in [2.75, 3.05) is 11.9 Å². The Balaban J connectivity index is 1.46. The van der Waals surface area contributed by atoms with Crippen molar-refractivity contribution < 1.29 is 49.4 Å². The molecule has 4 aliphatic rings. The number of esters is 2. The summed E-state index contributed by atoms with van der Waals surface area (Å²) in [5.41, 5.74) is 3.53. The number of rotatable bonds is 8. The molecule has 3 heterocycles. The monoisotopic (exact) mass is 819 g/mol. The highest BCUT2D eigenvalue weighted by Gasteiger charge is 2.49. The molecule has 8 atom stereocenters. The van der Waals surface area contributed by atoms with Gasteiger partial charge in [-0.3, -0.25) is 9.59 Å². The highest BCUT2D eigenvalue weighted by atomic mass is 16.6. The summed E-state index contributed by atoms with van der Waals surface area (Å²) in [7, 11) is 0. The van der Waals surface area contributed by atoms with E-state index in [-0.39, 0.29) is 80.4 Å². The standard InChI is InChI=1S/C49H57NO10/c1-4-13-49(58)38-11-12-43(54)35(20-38)15-29-7-6-8-30(14-29)18-40(53)22-37-19-32(34-16-31(27-51)17-39(21-34)50-26-28(3)52)9-10-33-25-45(55)60-47-41(5-2)46(56)36(23-42(33)47)24-44(49)59-48(37)57/h6-8,14,16-17,21-23,28,32-33,35,38,40,44,50-53,56,58H,4-5,11-13,15,18-20,24-27H2,1-3H3. The van der Waals surface area contributed by atoms with Crippen molar-refractivity contribution in [2.45, 2.75) is 134 Å². The van der Waals surface area contributed by atoms with Crippen LogP contribution in [-0.2, 0) is 51.4 Å². The van der Waals surface area contributed by atoms with Crippen LogP contribution in [-0.4, -0.2) is 73.7 Å². The van der Waals surface area contributed by atoms with Crippen molar-refractivity contribution in [3.63, 3.8) is 0 Å². The molecule has 8 bridgehead atoms. The van der Waals surface area contributed by atoms with Gasteiger partial charge in [0.2, 0.25) is 0 Å². The van der Waals surface area contributed by atoms with Crippen molar-refractivity contribution in [2.24, 2.45) is 11.8 Å². The van der Waals surface area contributed by atoms with E-state index in [2.05, 4.69) is 17.2 Å². The summed E-state index contributed by atoms with van der Waals surface area (Å²) >= 11 is 0. The normalized spacial score (nSPS) is 27.2. The van der Waals surface area contributed by atoms with Crippen LogP contribution in [0, 0.1) is 23.7 Å². The van der Waals surface area contributed by atoms with E-state index in [1.54, 1.807) is 25.1 Å². The van der Waals surface area contributed by atoms with E-state index in [0.29, 0.717) is 65.6 Å². The molecule has 0 amide bonds. The topological polar surface area (TPSA) is 183 Å². The number of ether oxygens (including phenoxy) is 2. The van der Waals surface area contributed by atoms with Gasteiger partial charge >= 0.3 is 11.9 Å². The highest BCUT2D eigenvalue weighted by molar-refractivity contribution is 5.89. The maximum atomic E-state index is 15.0. The van der Waals surface area contributed by atoms with Gasteiger partial charge in [0.1, 0.15) is 29.0 Å². The minimum atomic E-state index is -1.62. The van der Waals surface area contributed by atoms with Crippen LogP contribution in [0.1, 0.15) is 116 Å². The van der Waals surface area contributed by atoms with E-state index in [1.165, 1.54) is 6.08 Å². The molecule has 3 aromatic rings. The number of phenols is 1. The second kappa shape index (κ2) is 18.3. The number of anilines is 1. The van der Waals surface area contributed by atoms with Crippen molar-refractivity contribution in [1.29, 1.82) is 0 Å². The van der Waals surface area contributed by atoms with Gasteiger partial charge in [-0.1, -0.05) is 62.4 Å². The van der Waals surface area contributed by atoms with Gasteiger partial charge in [-0.05, 0) is 103 Å². The second-order valence-corrected chi connectivity index (χ2v) is 17.2. The number of hydrogen-bond acceptors (Lipinski definition) is 11. The molecule has 8 unspecified atom stereocenters. The molecule has 1 fully saturated rings. The Morgan fingerprint density at radius 1 is 0.967 bits per heavy atom. The van der Waals surface area contributed by atoms with Crippen LogP contribution >= 0.6 is 0 Å². The molecule has 0 radical (unpaired) electrons. The summed E-state index contributed by atoms with van der Waals surface area (Å²) in [5.74, 6) is 3.53. The Hall–Kier alpha value is -4.99. The van der Waals surface area contributed by atoms with Crippen molar-refractivity contribution in [3.8, 4) is 23.3 Å². The first-order chi connectivity index (χ1) is 28.8. The molecule has 11 heteroatoms. The zero-order valence-electron chi connectivity index (χ0n) is 34.7. The quantitative estimate of drug-likeness (QED) is 0.0907. The molecule has 60 heavy (non-hydrogen) atoms. The predicted octanol–water partition coefficient (Wildman–Crippen LogP) is 5.88. The molecule has 11 nitrogen and oxygen atoms in total. The third kappa shape index (κ3) is 9.32. The van der Waals surface area contributed by atoms with Gasteiger partial charge in [0.15, 0.2) is 0 Å². The molecule has 3 aliphatic heterocycles. The summed E-state index contributed by atoms with van der Waals surface area (Å²) < 4.78 is 12.4. The Morgan fingerprint density at radius 2 is 1.73 bits per heavy atom. The van der Waals surface area contributed by atoms with Crippen LogP contribution in [0.2, 0.25) is 0 Å². The Kier molecular flexibility index (Phi) is 13.2. The lowest BCUT2D eigenvalue weighted by Crippen LogP contribution is -2.54. The van der Waals surface area contributed by atoms with Crippen LogP contribution in [0.15, 0.2) is 60.2 Å². The van der Waals surface area contributed by atoms with Gasteiger partial charge < -0.3 is 40.3 Å². The number of phenolic OH excluding ortho intramolecular Hbond substituents is 1. The first kappa shape index (κ1) is 43.1. The summed E-state index contributed by atoms with van der Waals surface area (Å²) in [6.07, 6.45) is 1.13. The molecule has 318 valence electrons. The van der Waals surface area contributed by atoms with E-state index in [1.807, 2.05) is 44.2 Å². The zero-order chi connectivity index (χ0) is 42.7. The van der Waals surface area contributed by atoms with Crippen molar-refractivity contribution in [3.05, 3.63) is 99.1 Å². The van der Waals surface area contributed by atoms with Gasteiger partial charge in [0.25, 0.3) is 0 Å². The van der Waals surface area contributed by atoms with Crippen LogP contribution in [0.5, 0.6) is 11.5 Å². The Bertz CT molecular complexity index is 2220. The first-order valence-corrected chi connectivity index (χ1v) is 21.5. The van der Waals surface area contributed by atoms with Gasteiger partial charge in [-0.25, -0.2) is 4.79 Å². The van der Waals surface area contributed by atoms with Gasteiger partial charge in [-0.15, -0.1) is 0 Å². The van der Waals surface area contributed by atoms with Crippen molar-refractivity contribution in [1.82, 2.24) is 0 Å². The van der Waals surface area contributed by atoms with Crippen LogP contribution in [0.25, 0.3) is 0 Å². The molecule has 0 spiro atoms. The average molecular weight is 820 g/mol. The highest BCUT2D eigenvalue weighted by Crippen LogP contribution is 2.47. The number of carbonyl (C=O) groups excluding carboxylic acids is 3. The smallest absolute Gasteiger partial charge is 0.334 e. The number of carbonyl (C=O) groups is 3. The second-order valence-electron chi connectivity index (χ2n) is 17.2. The predicted molar refractivity (Wildman–Crippen MR) is 225 cm³/mol. The third-order valence-corrected chi connectivity index (χ3v) is 12.7. The molecule has 7 rings (SSSR count). The van der Waals surface area contributed by atoms with Gasteiger partial charge in [0, 0.05) is 60.0 Å². The molecule has 1 saturated carbocycles. The number of Topliss-reactive ketones (excluding diaryl/α,β-unsaturated/α-hetero) is 1. The van der Waals surface area contributed by atoms with Crippen LogP contribution in [0.3, 0.4) is 0 Å². The fraction of sp³-hybridized carbons (Fsp3) is 0.490. The lowest BCUT2D eigenvalue weighted by atomic mass is 9.66. The maximum Gasteiger partial charge on any atom is 0.334 e. The molecular formula is C49H57NO10. The Labute approximate surface area is 351 Å². The maximum absolute atomic E-state index is 15.0. The van der Waals surface area contributed by atoms with E-state index in [4.69, 9.17) is 9.47 Å². The molecular weight excluding hydrogens is 763 g/mol. The lowest BCUT2D eigenvalue weighted by Gasteiger charge is -2.45. The summed E-state index contributed by atoms with van der Waals surface area (Å²) in [6.45, 7) is 5.40. The van der Waals surface area contributed by atoms with Gasteiger partial charge in [-0.2, -0.15) is 0 Å². The molecule has 3 aromatic carbocycles. The molecule has 0 saturated heterocycles. The summed E-state index contributed by atoms with van der Waals surface area (Å²) in [5, 5.41) is 60.4. The summed E-state index contributed by atoms with van der Waals surface area (Å²) in [4.78, 5) is 41.7. The van der Waals surface area contributed by atoms with E-state index >= 15 is 0 Å². The lowest BCUT2D eigenvalue weighted by molar-refractivity contribution is -0.176. The number of aliphatic hydroxyl groups is 4. The Morgan fingerprint density at radius 3 is 2.47 bits per heavy atom. The SMILES string of the molecule is CCCC1(O)C2CCC(=O)C(Cc3cccc(c3)CC(O)C=C3CC(c4cc(CO)cc(NCC(C)O)c4)C#CC4CC(=O)Oc5c4cc(c(O)c5CC)CC1OC3=O)C2. The largest absolute Gasteiger partial charge is 0.507 e. The number of nitrogens with one attached hydrogen (secondary N) is 1. The van der Waals surface area contributed by atoms with E-state index in [0.717, 1.165) is 11.1 Å². The van der Waals surface area contributed by atoms with Gasteiger partial charge in [0.05, 0.1) is 31.2 Å². The van der Waals surface area contributed by atoms with E-state index < -0.39 is 53.6 Å². The first-order valence-electron chi connectivity index (χ1n) is 21.5. The number of hydrogen-bond donors (Lipinski definition) is 6.